The van der Waals surface area contributed by atoms with Crippen LogP contribution in [0.4, 0.5) is 0 Å². The van der Waals surface area contributed by atoms with E-state index in [2.05, 4.69) is 0 Å². The highest BCUT2D eigenvalue weighted by Gasteiger charge is 2.38. The first-order chi connectivity index (χ1) is 12.0. The number of carboxylic acid groups (broad SMARTS) is 1. The van der Waals surface area contributed by atoms with E-state index in [9.17, 15) is 20.1 Å². The first-order valence-corrected chi connectivity index (χ1v) is 7.59. The van der Waals surface area contributed by atoms with Gasteiger partial charge >= 0.3 is 5.97 Å². The Morgan fingerprint density at radius 1 is 1.16 bits per heavy atom. The molecule has 1 aliphatic heterocycles. The summed E-state index contributed by atoms with van der Waals surface area (Å²) in [5, 5.41) is 28.9. The number of aliphatic hydroxyl groups is 1. The summed E-state index contributed by atoms with van der Waals surface area (Å²) >= 11 is 0. The van der Waals surface area contributed by atoms with E-state index >= 15 is 0 Å². The van der Waals surface area contributed by atoms with Gasteiger partial charge in [-0.3, -0.25) is 0 Å². The summed E-state index contributed by atoms with van der Waals surface area (Å²) in [5.74, 6) is -0.588. The van der Waals surface area contributed by atoms with Gasteiger partial charge in [0.05, 0.1) is 32.3 Å². The molecule has 0 bridgehead atoms. The predicted octanol–water partition coefficient (Wildman–Crippen LogP) is 2.32. The van der Waals surface area contributed by atoms with Crippen LogP contribution in [0.5, 0.6) is 23.0 Å². The Labute approximate surface area is 144 Å². The van der Waals surface area contributed by atoms with Gasteiger partial charge in [-0.25, -0.2) is 4.79 Å². The van der Waals surface area contributed by atoms with Crippen LogP contribution in [-0.4, -0.2) is 42.1 Å². The minimum Gasteiger partial charge on any atom is -0.504 e. The normalized spacial score (nSPS) is 18.4. The number of aliphatic hydroxyl groups excluding tert-OH is 1. The maximum Gasteiger partial charge on any atom is 0.335 e. The van der Waals surface area contributed by atoms with Gasteiger partial charge in [0.25, 0.3) is 0 Å². The lowest BCUT2D eigenvalue weighted by Gasteiger charge is -2.18. The lowest BCUT2D eigenvalue weighted by Crippen LogP contribution is -2.13. The van der Waals surface area contributed by atoms with Crippen LogP contribution >= 0.6 is 0 Å². The largest absolute Gasteiger partial charge is 0.504 e. The average Bonchev–Trinajstić information content (AvgIpc) is 2.99. The minimum atomic E-state index is -1.09. The Morgan fingerprint density at radius 2 is 1.88 bits per heavy atom. The molecule has 7 heteroatoms. The van der Waals surface area contributed by atoms with E-state index in [1.807, 2.05) is 0 Å². The van der Waals surface area contributed by atoms with Crippen molar-refractivity contribution in [3.05, 3.63) is 47.0 Å². The lowest BCUT2D eigenvalue weighted by atomic mass is 9.90. The van der Waals surface area contributed by atoms with Crippen molar-refractivity contribution in [2.45, 2.75) is 12.0 Å². The summed E-state index contributed by atoms with van der Waals surface area (Å²) in [6.45, 7) is -0.243. The minimum absolute atomic E-state index is 0.00643. The highest BCUT2D eigenvalue weighted by atomic mass is 16.5. The monoisotopic (exact) mass is 346 g/mol. The maximum atomic E-state index is 11.3. The molecule has 2 aromatic rings. The second kappa shape index (κ2) is 6.52. The molecular weight excluding hydrogens is 328 g/mol. The van der Waals surface area contributed by atoms with E-state index in [1.54, 1.807) is 12.1 Å². The summed E-state index contributed by atoms with van der Waals surface area (Å²) in [5.41, 5.74) is 1.31. The third kappa shape index (κ3) is 2.83. The maximum absolute atomic E-state index is 11.3. The van der Waals surface area contributed by atoms with Crippen molar-refractivity contribution in [3.8, 4) is 23.0 Å². The molecule has 0 aliphatic carbocycles. The number of carboxylic acids is 1. The van der Waals surface area contributed by atoms with Crippen molar-refractivity contribution in [1.82, 2.24) is 0 Å². The second-order valence-electron chi connectivity index (χ2n) is 5.66. The van der Waals surface area contributed by atoms with Gasteiger partial charge in [0, 0.05) is 5.56 Å². The number of phenolic OH excluding ortho intramolecular Hbond substituents is 1. The van der Waals surface area contributed by atoms with E-state index in [4.69, 9.17) is 14.2 Å². The number of methoxy groups -OCH3 is 2. The smallest absolute Gasteiger partial charge is 0.335 e. The Kier molecular flexibility index (Phi) is 4.41. The van der Waals surface area contributed by atoms with Gasteiger partial charge in [-0.2, -0.15) is 0 Å². The van der Waals surface area contributed by atoms with Crippen LogP contribution in [0.15, 0.2) is 30.3 Å². The van der Waals surface area contributed by atoms with Crippen LogP contribution in [0, 0.1) is 0 Å². The molecule has 2 aromatic carbocycles. The van der Waals surface area contributed by atoms with Gasteiger partial charge < -0.3 is 29.5 Å². The fourth-order valence-corrected chi connectivity index (χ4v) is 3.04. The number of aromatic hydroxyl groups is 1. The third-order valence-corrected chi connectivity index (χ3v) is 4.29. The van der Waals surface area contributed by atoms with Crippen LogP contribution in [0.1, 0.15) is 33.5 Å². The quantitative estimate of drug-likeness (QED) is 0.763. The zero-order valence-corrected chi connectivity index (χ0v) is 13.7. The van der Waals surface area contributed by atoms with Gasteiger partial charge in [0.2, 0.25) is 0 Å². The Hall–Kier alpha value is -2.93. The van der Waals surface area contributed by atoms with Crippen LogP contribution in [0.25, 0.3) is 0 Å². The Morgan fingerprint density at radius 3 is 2.48 bits per heavy atom. The van der Waals surface area contributed by atoms with Crippen molar-refractivity contribution in [1.29, 1.82) is 0 Å². The van der Waals surface area contributed by atoms with Gasteiger partial charge in [-0.15, -0.1) is 0 Å². The number of rotatable bonds is 5. The second-order valence-corrected chi connectivity index (χ2v) is 5.66. The number of carbonyl (C=O) groups is 1. The number of fused-ring (bicyclic) bond motifs is 1. The van der Waals surface area contributed by atoms with Crippen LogP contribution in [-0.2, 0) is 0 Å². The number of benzene rings is 2. The number of hydrogen-bond acceptors (Lipinski definition) is 6. The molecule has 1 heterocycles. The molecule has 0 amide bonds. The SMILES string of the molecule is COc1cc(C2Oc3c(OC)cc(C(=O)O)cc3C2CO)ccc1O. The molecule has 0 aromatic heterocycles. The van der Waals surface area contributed by atoms with Crippen LogP contribution < -0.4 is 14.2 Å². The molecule has 3 rings (SSSR count). The van der Waals surface area contributed by atoms with Gasteiger partial charge in [0.1, 0.15) is 6.10 Å². The zero-order chi connectivity index (χ0) is 18.1. The van der Waals surface area contributed by atoms with E-state index < -0.39 is 18.0 Å². The number of aromatic carboxylic acids is 1. The average molecular weight is 346 g/mol. The van der Waals surface area contributed by atoms with Crippen LogP contribution in [0.2, 0.25) is 0 Å². The highest BCUT2D eigenvalue weighted by Crippen LogP contribution is 2.51. The summed E-state index contributed by atoms with van der Waals surface area (Å²) < 4.78 is 16.3. The van der Waals surface area contributed by atoms with Crippen molar-refractivity contribution in [2.75, 3.05) is 20.8 Å². The molecular formula is C18H18O7. The lowest BCUT2D eigenvalue weighted by molar-refractivity contribution is 0.0696. The number of ether oxygens (including phenoxy) is 3. The van der Waals surface area contributed by atoms with E-state index in [1.165, 1.54) is 32.4 Å². The van der Waals surface area contributed by atoms with E-state index in [0.717, 1.165) is 0 Å². The molecule has 0 saturated carbocycles. The molecule has 2 unspecified atom stereocenters. The molecule has 0 saturated heterocycles. The molecule has 25 heavy (non-hydrogen) atoms. The fraction of sp³-hybridized carbons (Fsp3) is 0.278. The van der Waals surface area contributed by atoms with E-state index in [0.29, 0.717) is 22.6 Å². The molecule has 132 valence electrons. The molecule has 0 spiro atoms. The van der Waals surface area contributed by atoms with Crippen molar-refractivity contribution >= 4 is 5.97 Å². The predicted molar refractivity (Wildman–Crippen MR) is 87.8 cm³/mol. The van der Waals surface area contributed by atoms with Crippen molar-refractivity contribution in [3.63, 3.8) is 0 Å². The molecule has 0 radical (unpaired) electrons. The fourth-order valence-electron chi connectivity index (χ4n) is 3.04. The molecule has 0 fully saturated rings. The summed E-state index contributed by atoms with van der Waals surface area (Å²) in [7, 11) is 2.87. The summed E-state index contributed by atoms with van der Waals surface area (Å²) in [4.78, 5) is 11.3. The summed E-state index contributed by atoms with van der Waals surface area (Å²) in [6.07, 6.45) is -0.563. The topological polar surface area (TPSA) is 105 Å². The zero-order valence-electron chi connectivity index (χ0n) is 13.7. The van der Waals surface area contributed by atoms with E-state index in [-0.39, 0.29) is 23.7 Å². The third-order valence-electron chi connectivity index (χ3n) is 4.29. The van der Waals surface area contributed by atoms with Crippen LogP contribution in [0.3, 0.4) is 0 Å². The first-order valence-electron chi connectivity index (χ1n) is 7.59. The first kappa shape index (κ1) is 16.9. The standard InChI is InChI=1S/C18H18O7/c1-23-14-6-9(3-4-13(14)20)16-12(8-19)11-5-10(18(21)22)7-15(24-2)17(11)25-16/h3-7,12,16,19-20H,8H2,1-2H3,(H,21,22). The molecule has 2 atom stereocenters. The van der Waals surface area contributed by atoms with Gasteiger partial charge in [0.15, 0.2) is 23.0 Å². The van der Waals surface area contributed by atoms with Crippen molar-refractivity contribution in [2.24, 2.45) is 0 Å². The molecule has 1 aliphatic rings. The van der Waals surface area contributed by atoms with Gasteiger partial charge in [-0.05, 0) is 29.8 Å². The Bertz CT molecular complexity index is 815. The molecule has 7 nitrogen and oxygen atoms in total. The van der Waals surface area contributed by atoms with Gasteiger partial charge in [-0.1, -0.05) is 6.07 Å². The summed E-state index contributed by atoms with van der Waals surface area (Å²) in [6, 6.07) is 7.64. The Balaban J connectivity index is 2.08. The number of phenols is 1. The highest BCUT2D eigenvalue weighted by molar-refractivity contribution is 5.89. The van der Waals surface area contributed by atoms with Crippen molar-refractivity contribution < 1.29 is 34.3 Å². The molecule has 3 N–H and O–H groups in total. The number of hydrogen-bond donors (Lipinski definition) is 3.